The van der Waals surface area contributed by atoms with E-state index in [0.717, 1.165) is 24.3 Å². The van der Waals surface area contributed by atoms with E-state index in [1.54, 1.807) is 17.1 Å². The smallest absolute Gasteiger partial charge is 0.252 e. The molecule has 18 heavy (non-hydrogen) atoms. The first-order valence-corrected chi connectivity index (χ1v) is 6.26. The molecule has 2 aromatic heterocycles. The highest BCUT2D eigenvalue weighted by molar-refractivity contribution is 5.38. The molecule has 96 valence electrons. The van der Waals surface area contributed by atoms with E-state index in [1.807, 2.05) is 19.2 Å². The number of aryl methyl sites for hydroxylation is 1. The van der Waals surface area contributed by atoms with Gasteiger partial charge in [-0.2, -0.15) is 10.1 Å². The topological polar surface area (TPSA) is 46.8 Å². The molecule has 0 amide bonds. The Hall–Kier alpha value is -1.91. The van der Waals surface area contributed by atoms with Gasteiger partial charge in [0.25, 0.3) is 5.95 Å². The van der Waals surface area contributed by atoms with Crippen molar-refractivity contribution < 1.29 is 0 Å². The maximum absolute atomic E-state index is 4.52. The maximum Gasteiger partial charge on any atom is 0.252 e. The highest BCUT2D eigenvalue weighted by Gasteiger charge is 2.06. The number of anilines is 1. The summed E-state index contributed by atoms with van der Waals surface area (Å²) in [5.74, 6) is 1.55. The summed E-state index contributed by atoms with van der Waals surface area (Å²) in [7, 11) is 2.05. The summed E-state index contributed by atoms with van der Waals surface area (Å²) in [5.41, 5.74) is 1.10. The third-order valence-corrected chi connectivity index (χ3v) is 2.78. The monoisotopic (exact) mass is 245 g/mol. The minimum absolute atomic E-state index is 0.615. The van der Waals surface area contributed by atoms with Gasteiger partial charge in [0.05, 0.1) is 6.20 Å². The highest BCUT2D eigenvalue weighted by atomic mass is 15.3. The van der Waals surface area contributed by atoms with Crippen molar-refractivity contribution in [1.82, 2.24) is 19.7 Å². The first-order valence-electron chi connectivity index (χ1n) is 6.26. The van der Waals surface area contributed by atoms with Gasteiger partial charge in [0.15, 0.2) is 0 Å². The van der Waals surface area contributed by atoms with Crippen LogP contribution in [0.4, 0.5) is 5.82 Å². The van der Waals surface area contributed by atoms with E-state index in [-0.39, 0.29) is 0 Å². The Bertz CT molecular complexity index is 506. The van der Waals surface area contributed by atoms with Gasteiger partial charge in [-0.3, -0.25) is 0 Å². The molecule has 0 aliphatic carbocycles. The molecule has 0 aliphatic rings. The number of hydrogen-bond donors (Lipinski definition) is 0. The van der Waals surface area contributed by atoms with Crippen LogP contribution in [0.5, 0.6) is 0 Å². The van der Waals surface area contributed by atoms with E-state index in [2.05, 4.69) is 33.9 Å². The van der Waals surface area contributed by atoms with Crippen molar-refractivity contribution in [3.05, 3.63) is 30.2 Å². The van der Waals surface area contributed by atoms with Crippen molar-refractivity contribution in [2.75, 3.05) is 18.5 Å². The first kappa shape index (κ1) is 12.5. The number of nitrogens with zero attached hydrogens (tertiary/aromatic N) is 5. The van der Waals surface area contributed by atoms with Gasteiger partial charge in [-0.1, -0.05) is 13.3 Å². The van der Waals surface area contributed by atoms with Crippen LogP contribution in [0.25, 0.3) is 5.95 Å². The normalized spacial score (nSPS) is 10.6. The van der Waals surface area contributed by atoms with Crippen molar-refractivity contribution in [1.29, 1.82) is 0 Å². The van der Waals surface area contributed by atoms with Gasteiger partial charge in [-0.05, 0) is 25.0 Å². The van der Waals surface area contributed by atoms with E-state index in [0.29, 0.717) is 5.95 Å². The van der Waals surface area contributed by atoms with Crippen LogP contribution in [-0.4, -0.2) is 33.3 Å². The van der Waals surface area contributed by atoms with Gasteiger partial charge >= 0.3 is 0 Å². The zero-order valence-corrected chi connectivity index (χ0v) is 11.2. The molecule has 5 nitrogen and oxygen atoms in total. The molecule has 0 fully saturated rings. The first-order chi connectivity index (χ1) is 8.70. The molecule has 0 unspecified atom stereocenters. The summed E-state index contributed by atoms with van der Waals surface area (Å²) < 4.78 is 1.70. The van der Waals surface area contributed by atoms with Crippen molar-refractivity contribution in [2.24, 2.45) is 0 Å². The number of rotatable bonds is 5. The minimum atomic E-state index is 0.615. The van der Waals surface area contributed by atoms with Crippen LogP contribution in [0.2, 0.25) is 0 Å². The van der Waals surface area contributed by atoms with Gasteiger partial charge in [-0.25, -0.2) is 9.67 Å². The average molecular weight is 245 g/mol. The van der Waals surface area contributed by atoms with Crippen molar-refractivity contribution in [2.45, 2.75) is 26.7 Å². The predicted molar refractivity (Wildman–Crippen MR) is 72.1 cm³/mol. The summed E-state index contributed by atoms with van der Waals surface area (Å²) in [4.78, 5) is 10.9. The van der Waals surface area contributed by atoms with Crippen LogP contribution in [0.1, 0.15) is 25.3 Å². The molecule has 0 saturated carbocycles. The molecule has 0 saturated heterocycles. The van der Waals surface area contributed by atoms with Crippen LogP contribution in [-0.2, 0) is 0 Å². The Kier molecular flexibility index (Phi) is 3.92. The van der Waals surface area contributed by atoms with Crippen molar-refractivity contribution in [3.63, 3.8) is 0 Å². The van der Waals surface area contributed by atoms with Crippen LogP contribution in [0.3, 0.4) is 0 Å². The quantitative estimate of drug-likeness (QED) is 0.810. The van der Waals surface area contributed by atoms with E-state index in [1.165, 1.54) is 6.42 Å². The lowest BCUT2D eigenvalue weighted by molar-refractivity contribution is 0.748. The molecule has 0 spiro atoms. The van der Waals surface area contributed by atoms with E-state index >= 15 is 0 Å². The molecule has 2 heterocycles. The van der Waals surface area contributed by atoms with Crippen LogP contribution < -0.4 is 4.90 Å². The highest BCUT2D eigenvalue weighted by Crippen LogP contribution is 2.11. The van der Waals surface area contributed by atoms with Gasteiger partial charge in [-0.15, -0.1) is 0 Å². The SMILES string of the molecule is CCCCN(C)c1ccnc(-n2cc(C)cn2)n1. The Morgan fingerprint density at radius 1 is 1.39 bits per heavy atom. The summed E-state index contributed by atoms with van der Waals surface area (Å²) >= 11 is 0. The molecule has 0 radical (unpaired) electrons. The standard InChI is InChI=1S/C13H19N5/c1-4-5-8-17(3)12-6-7-14-13(16-12)18-10-11(2)9-15-18/h6-7,9-10H,4-5,8H2,1-3H3. The second-order valence-electron chi connectivity index (χ2n) is 4.45. The molecule has 0 atom stereocenters. The van der Waals surface area contributed by atoms with Crippen LogP contribution in [0.15, 0.2) is 24.7 Å². The molecular weight excluding hydrogens is 226 g/mol. The van der Waals surface area contributed by atoms with E-state index in [4.69, 9.17) is 0 Å². The third kappa shape index (κ3) is 2.85. The van der Waals surface area contributed by atoms with Gasteiger partial charge in [0.2, 0.25) is 0 Å². The molecule has 0 bridgehead atoms. The van der Waals surface area contributed by atoms with Crippen molar-refractivity contribution in [3.8, 4) is 5.95 Å². The van der Waals surface area contributed by atoms with Crippen LogP contribution >= 0.6 is 0 Å². The summed E-state index contributed by atoms with van der Waals surface area (Å²) in [6.45, 7) is 5.19. The Morgan fingerprint density at radius 2 is 2.22 bits per heavy atom. The zero-order valence-electron chi connectivity index (χ0n) is 11.2. The fraction of sp³-hybridized carbons (Fsp3) is 0.462. The Morgan fingerprint density at radius 3 is 2.89 bits per heavy atom. The molecule has 2 aromatic rings. The second kappa shape index (κ2) is 5.62. The molecule has 0 aliphatic heterocycles. The van der Waals surface area contributed by atoms with Gasteiger partial charge in [0.1, 0.15) is 5.82 Å². The summed E-state index contributed by atoms with van der Waals surface area (Å²) in [5, 5.41) is 4.22. The maximum atomic E-state index is 4.52. The van der Waals surface area contributed by atoms with E-state index in [9.17, 15) is 0 Å². The second-order valence-corrected chi connectivity index (χ2v) is 4.45. The lowest BCUT2D eigenvalue weighted by Crippen LogP contribution is -2.20. The Balaban J connectivity index is 2.19. The third-order valence-electron chi connectivity index (χ3n) is 2.78. The largest absolute Gasteiger partial charge is 0.360 e. The summed E-state index contributed by atoms with van der Waals surface area (Å²) in [6.07, 6.45) is 7.84. The van der Waals surface area contributed by atoms with Crippen LogP contribution in [0, 0.1) is 6.92 Å². The fourth-order valence-electron chi connectivity index (χ4n) is 1.69. The number of unbranched alkanes of at least 4 members (excludes halogenated alkanes) is 1. The molecular formula is C13H19N5. The zero-order chi connectivity index (χ0) is 13.0. The molecule has 0 N–H and O–H groups in total. The molecule has 5 heteroatoms. The summed E-state index contributed by atoms with van der Waals surface area (Å²) in [6, 6.07) is 1.93. The Labute approximate surface area is 107 Å². The van der Waals surface area contributed by atoms with Crippen molar-refractivity contribution >= 4 is 5.82 Å². The van der Waals surface area contributed by atoms with Gasteiger partial charge < -0.3 is 4.90 Å². The predicted octanol–water partition coefficient (Wildman–Crippen LogP) is 2.21. The average Bonchev–Trinajstić information content (AvgIpc) is 2.83. The fourth-order valence-corrected chi connectivity index (χ4v) is 1.69. The lowest BCUT2D eigenvalue weighted by Gasteiger charge is -2.17. The number of hydrogen-bond acceptors (Lipinski definition) is 4. The minimum Gasteiger partial charge on any atom is -0.360 e. The van der Waals surface area contributed by atoms with E-state index < -0.39 is 0 Å². The molecule has 2 rings (SSSR count). The number of aromatic nitrogens is 4. The molecule has 0 aromatic carbocycles. The van der Waals surface area contributed by atoms with Gasteiger partial charge in [0, 0.05) is 26.0 Å². The lowest BCUT2D eigenvalue weighted by atomic mass is 10.3.